The molecule has 0 radical (unpaired) electrons. The number of ether oxygens (including phenoxy) is 1. The molecule has 0 saturated carbocycles. The van der Waals surface area contributed by atoms with E-state index in [1.165, 1.54) is 6.42 Å². The van der Waals surface area contributed by atoms with Crippen molar-refractivity contribution in [2.75, 3.05) is 20.2 Å². The minimum Gasteiger partial charge on any atom is -0.375 e. The van der Waals surface area contributed by atoms with E-state index in [0.29, 0.717) is 0 Å². The predicted octanol–water partition coefficient (Wildman–Crippen LogP) is 0.775. The van der Waals surface area contributed by atoms with Crippen molar-refractivity contribution < 1.29 is 4.74 Å². The largest absolute Gasteiger partial charge is 0.375 e. The lowest BCUT2D eigenvalue weighted by molar-refractivity contribution is -0.137. The van der Waals surface area contributed by atoms with Gasteiger partial charge in [0.1, 0.15) is 0 Å². The van der Waals surface area contributed by atoms with Crippen molar-refractivity contribution in [3.8, 4) is 0 Å². The van der Waals surface area contributed by atoms with Gasteiger partial charge in [-0.2, -0.15) is 0 Å². The van der Waals surface area contributed by atoms with Gasteiger partial charge in [-0.3, -0.25) is 0 Å². The van der Waals surface area contributed by atoms with Crippen LogP contribution in [-0.2, 0) is 4.74 Å². The van der Waals surface area contributed by atoms with Crippen molar-refractivity contribution in [1.82, 2.24) is 5.32 Å². The molecule has 2 nitrogen and oxygen atoms in total. The lowest BCUT2D eigenvalue weighted by atomic mass is 9.94. The molecule has 1 fully saturated rings. The molecule has 1 rings (SSSR count). The van der Waals surface area contributed by atoms with Crippen LogP contribution in [0.3, 0.4) is 0 Å². The molecule has 0 bridgehead atoms. The highest BCUT2D eigenvalue weighted by Crippen LogP contribution is 2.28. The van der Waals surface area contributed by atoms with E-state index >= 15 is 0 Å². The van der Waals surface area contributed by atoms with E-state index in [0.717, 1.165) is 19.6 Å². The monoisotopic (exact) mass is 129 g/mol. The molecule has 0 aromatic heterocycles. The first kappa shape index (κ1) is 7.03. The van der Waals surface area contributed by atoms with Crippen molar-refractivity contribution in [3.05, 3.63) is 0 Å². The van der Waals surface area contributed by atoms with Gasteiger partial charge in [-0.25, -0.2) is 0 Å². The third-order valence-electron chi connectivity index (χ3n) is 1.99. The first-order valence-corrected chi connectivity index (χ1v) is 3.55. The maximum absolute atomic E-state index is 5.38. The van der Waals surface area contributed by atoms with Gasteiger partial charge >= 0.3 is 0 Å². The molecule has 0 aromatic carbocycles. The van der Waals surface area contributed by atoms with Gasteiger partial charge in [0.15, 0.2) is 0 Å². The summed E-state index contributed by atoms with van der Waals surface area (Å²) in [5, 5.41) is 3.11. The normalized spacial score (nSPS) is 34.0. The van der Waals surface area contributed by atoms with Crippen LogP contribution in [0.5, 0.6) is 0 Å². The van der Waals surface area contributed by atoms with Crippen LogP contribution in [0.1, 0.15) is 19.8 Å². The molecule has 0 aliphatic carbocycles. The molecule has 1 N–H and O–H groups in total. The van der Waals surface area contributed by atoms with Crippen molar-refractivity contribution in [2.45, 2.75) is 25.4 Å². The van der Waals surface area contributed by atoms with Crippen LogP contribution in [0, 0.1) is 0 Å². The molecule has 0 amide bonds. The highest BCUT2D eigenvalue weighted by Gasteiger charge is 2.31. The first-order valence-electron chi connectivity index (χ1n) is 3.55. The number of hydrogen-bond acceptors (Lipinski definition) is 2. The van der Waals surface area contributed by atoms with Crippen LogP contribution in [0.4, 0.5) is 0 Å². The Balaban J connectivity index is 2.09. The van der Waals surface area contributed by atoms with E-state index in [4.69, 9.17) is 4.74 Å². The summed E-state index contributed by atoms with van der Waals surface area (Å²) >= 11 is 0. The second-order valence-electron chi connectivity index (χ2n) is 2.90. The zero-order valence-corrected chi connectivity index (χ0v) is 6.24. The van der Waals surface area contributed by atoms with Crippen LogP contribution in [0.2, 0.25) is 0 Å². The molecule has 0 aromatic rings. The van der Waals surface area contributed by atoms with Gasteiger partial charge in [0.05, 0.1) is 12.2 Å². The summed E-state index contributed by atoms with van der Waals surface area (Å²) in [6.07, 6.45) is 2.37. The van der Waals surface area contributed by atoms with Crippen LogP contribution < -0.4 is 5.32 Å². The molecule has 1 heterocycles. The molecule has 1 aliphatic rings. The number of hydrogen-bond donors (Lipinski definition) is 1. The van der Waals surface area contributed by atoms with E-state index in [2.05, 4.69) is 12.2 Å². The van der Waals surface area contributed by atoms with Crippen molar-refractivity contribution >= 4 is 0 Å². The zero-order valence-electron chi connectivity index (χ0n) is 6.24. The first-order chi connectivity index (χ1) is 4.27. The average molecular weight is 129 g/mol. The van der Waals surface area contributed by atoms with Gasteiger partial charge in [0, 0.05) is 0 Å². The quantitative estimate of drug-likeness (QED) is 0.608. The van der Waals surface area contributed by atoms with Gasteiger partial charge in [0.25, 0.3) is 0 Å². The van der Waals surface area contributed by atoms with Gasteiger partial charge in [0.2, 0.25) is 0 Å². The lowest BCUT2D eigenvalue weighted by Crippen LogP contribution is -2.42. The smallest absolute Gasteiger partial charge is 0.0688 e. The van der Waals surface area contributed by atoms with Crippen LogP contribution >= 0.6 is 0 Å². The lowest BCUT2D eigenvalue weighted by Gasteiger charge is -2.38. The summed E-state index contributed by atoms with van der Waals surface area (Å²) in [5.41, 5.74) is 0.211. The molecule has 54 valence electrons. The van der Waals surface area contributed by atoms with Crippen molar-refractivity contribution in [2.24, 2.45) is 0 Å². The zero-order chi connectivity index (χ0) is 6.74. The Hall–Kier alpha value is -0.0800. The molecular weight excluding hydrogens is 114 g/mol. The second kappa shape index (κ2) is 2.67. The number of rotatable bonds is 3. The molecule has 1 atom stereocenters. The van der Waals surface area contributed by atoms with E-state index in [-0.39, 0.29) is 5.60 Å². The molecule has 9 heavy (non-hydrogen) atoms. The Kier molecular flexibility index (Phi) is 2.09. The summed E-state index contributed by atoms with van der Waals surface area (Å²) in [4.78, 5) is 0. The molecule has 1 aliphatic heterocycles. The van der Waals surface area contributed by atoms with E-state index in [1.807, 2.05) is 7.05 Å². The summed E-state index contributed by atoms with van der Waals surface area (Å²) in [6, 6.07) is 0. The molecule has 2 heteroatoms. The summed E-state index contributed by atoms with van der Waals surface area (Å²) in [6.45, 7) is 4.20. The van der Waals surface area contributed by atoms with E-state index in [1.54, 1.807) is 0 Å². The van der Waals surface area contributed by atoms with E-state index in [9.17, 15) is 0 Å². The molecule has 1 saturated heterocycles. The molecular formula is C7H15NO. The Morgan fingerprint density at radius 2 is 2.33 bits per heavy atom. The van der Waals surface area contributed by atoms with Gasteiger partial charge < -0.3 is 10.1 Å². The Morgan fingerprint density at radius 1 is 1.67 bits per heavy atom. The molecule has 0 spiro atoms. The van der Waals surface area contributed by atoms with E-state index < -0.39 is 0 Å². The minimum atomic E-state index is 0.211. The third kappa shape index (κ3) is 1.66. The highest BCUT2D eigenvalue weighted by atomic mass is 16.5. The topological polar surface area (TPSA) is 21.3 Å². The van der Waals surface area contributed by atoms with Crippen molar-refractivity contribution in [1.29, 1.82) is 0 Å². The van der Waals surface area contributed by atoms with Gasteiger partial charge in [-0.1, -0.05) is 0 Å². The molecule has 1 unspecified atom stereocenters. The SMILES string of the molecule is CNCCC1(C)CCO1. The number of nitrogens with one attached hydrogen (secondary N) is 1. The van der Waals surface area contributed by atoms with Gasteiger partial charge in [-0.05, 0) is 33.4 Å². The van der Waals surface area contributed by atoms with Gasteiger partial charge in [-0.15, -0.1) is 0 Å². The Bertz CT molecular complexity index is 88.9. The Labute approximate surface area is 56.6 Å². The third-order valence-corrected chi connectivity index (χ3v) is 1.99. The predicted molar refractivity (Wildman–Crippen MR) is 37.5 cm³/mol. The van der Waals surface area contributed by atoms with Crippen molar-refractivity contribution in [3.63, 3.8) is 0 Å². The fourth-order valence-corrected chi connectivity index (χ4v) is 1.04. The summed E-state index contributed by atoms with van der Waals surface area (Å²) in [7, 11) is 1.97. The second-order valence-corrected chi connectivity index (χ2v) is 2.90. The van der Waals surface area contributed by atoms with Crippen LogP contribution in [-0.4, -0.2) is 25.8 Å². The minimum absolute atomic E-state index is 0.211. The average Bonchev–Trinajstić information content (AvgIpc) is 1.79. The van der Waals surface area contributed by atoms with Crippen LogP contribution in [0.25, 0.3) is 0 Å². The summed E-state index contributed by atoms with van der Waals surface area (Å²) in [5.74, 6) is 0. The fraction of sp³-hybridized carbons (Fsp3) is 1.00. The standard InChI is InChI=1S/C7H15NO/c1-7(3-5-8-2)4-6-9-7/h8H,3-6H2,1-2H3. The van der Waals surface area contributed by atoms with Crippen LogP contribution in [0.15, 0.2) is 0 Å². The highest BCUT2D eigenvalue weighted by molar-refractivity contribution is 4.82. The maximum Gasteiger partial charge on any atom is 0.0688 e. The fourth-order valence-electron chi connectivity index (χ4n) is 1.04. The Morgan fingerprint density at radius 3 is 2.67 bits per heavy atom. The summed E-state index contributed by atoms with van der Waals surface area (Å²) < 4.78 is 5.38. The maximum atomic E-state index is 5.38.